The molecule has 0 saturated heterocycles. The number of pyridine rings is 1. The third kappa shape index (κ3) is 12.6. The van der Waals surface area contributed by atoms with Crippen molar-refractivity contribution in [3.8, 4) is 0 Å². The van der Waals surface area contributed by atoms with Gasteiger partial charge in [-0.2, -0.15) is 0 Å². The molecule has 0 aliphatic heterocycles. The Labute approximate surface area is 183 Å². The van der Waals surface area contributed by atoms with Crippen LogP contribution in [0.3, 0.4) is 0 Å². The summed E-state index contributed by atoms with van der Waals surface area (Å²) in [6.07, 6.45) is 4.61. The fourth-order valence-electron chi connectivity index (χ4n) is 2.58. The van der Waals surface area contributed by atoms with Crippen LogP contribution < -0.4 is 0 Å². The predicted octanol–water partition coefficient (Wildman–Crippen LogP) is 4.43. The molecule has 1 aromatic heterocycles. The molecule has 0 amide bonds. The van der Waals surface area contributed by atoms with Crippen LogP contribution in [0.5, 0.6) is 0 Å². The van der Waals surface area contributed by atoms with E-state index in [2.05, 4.69) is 4.98 Å². The van der Waals surface area contributed by atoms with E-state index in [1.807, 2.05) is 32.0 Å². The standard InChI is InChI=1S/C21H35NO5S2/c1-4-25-17-21(16-24-3,18-26-5-2)27-14-9-7-10-19(23)12-15-28-29-20-11-6-8-13-22-20/h6,8,11,13H,4-5,7,9-10,12,14-18H2,1-3H3. The first-order valence-electron chi connectivity index (χ1n) is 10.2. The lowest BCUT2D eigenvalue weighted by atomic mass is 10.1. The minimum absolute atomic E-state index is 0.297. The van der Waals surface area contributed by atoms with E-state index in [1.165, 1.54) is 0 Å². The molecule has 0 unspecified atom stereocenters. The van der Waals surface area contributed by atoms with Gasteiger partial charge in [0.05, 0.1) is 19.8 Å². The minimum atomic E-state index is -0.593. The van der Waals surface area contributed by atoms with Gasteiger partial charge in [0.1, 0.15) is 16.4 Å². The third-order valence-electron chi connectivity index (χ3n) is 4.05. The van der Waals surface area contributed by atoms with Crippen molar-refractivity contribution in [2.45, 2.75) is 50.2 Å². The maximum Gasteiger partial charge on any atom is 0.138 e. The smallest absolute Gasteiger partial charge is 0.138 e. The van der Waals surface area contributed by atoms with E-state index < -0.39 is 5.60 Å². The lowest BCUT2D eigenvalue weighted by Gasteiger charge is -2.32. The van der Waals surface area contributed by atoms with Gasteiger partial charge >= 0.3 is 0 Å². The van der Waals surface area contributed by atoms with Crippen molar-refractivity contribution in [3.05, 3.63) is 24.4 Å². The summed E-state index contributed by atoms with van der Waals surface area (Å²) in [6.45, 7) is 6.98. The second kappa shape index (κ2) is 17.1. The van der Waals surface area contributed by atoms with Crippen molar-refractivity contribution in [3.63, 3.8) is 0 Å². The zero-order valence-corrected chi connectivity index (χ0v) is 19.5. The molecule has 166 valence electrons. The van der Waals surface area contributed by atoms with E-state index in [-0.39, 0.29) is 0 Å². The van der Waals surface area contributed by atoms with Gasteiger partial charge < -0.3 is 18.9 Å². The molecule has 8 heteroatoms. The van der Waals surface area contributed by atoms with Gasteiger partial charge in [-0.25, -0.2) is 4.98 Å². The second-order valence-corrected chi connectivity index (χ2v) is 8.99. The Morgan fingerprint density at radius 1 is 1.07 bits per heavy atom. The Morgan fingerprint density at radius 2 is 1.83 bits per heavy atom. The zero-order valence-electron chi connectivity index (χ0n) is 17.9. The van der Waals surface area contributed by atoms with Crippen LogP contribution in [-0.2, 0) is 23.7 Å². The number of unbranched alkanes of at least 4 members (excludes halogenated alkanes) is 1. The molecular formula is C21H35NO5S2. The van der Waals surface area contributed by atoms with Gasteiger partial charge in [0, 0.05) is 51.7 Å². The van der Waals surface area contributed by atoms with Crippen LogP contribution in [0.2, 0.25) is 0 Å². The number of carbonyl (C=O) groups excluding carboxylic acids is 1. The Balaban J connectivity index is 2.20. The number of hydrogen-bond donors (Lipinski definition) is 0. The molecule has 0 aliphatic carbocycles. The van der Waals surface area contributed by atoms with E-state index in [0.717, 1.165) is 23.6 Å². The van der Waals surface area contributed by atoms with Crippen LogP contribution in [0, 0.1) is 0 Å². The Hall–Kier alpha value is -0.640. The highest BCUT2D eigenvalue weighted by Gasteiger charge is 2.32. The molecule has 1 rings (SSSR count). The first-order chi connectivity index (χ1) is 14.2. The second-order valence-electron chi connectivity index (χ2n) is 6.56. The number of nitrogens with zero attached hydrogens (tertiary/aromatic N) is 1. The number of aromatic nitrogens is 1. The van der Waals surface area contributed by atoms with E-state index in [4.69, 9.17) is 18.9 Å². The molecule has 0 N–H and O–H groups in total. The number of rotatable bonds is 19. The van der Waals surface area contributed by atoms with E-state index in [1.54, 1.807) is 34.9 Å². The summed E-state index contributed by atoms with van der Waals surface area (Å²) in [5.41, 5.74) is -0.593. The van der Waals surface area contributed by atoms with Crippen molar-refractivity contribution >= 4 is 27.4 Å². The summed E-state index contributed by atoms with van der Waals surface area (Å²) in [7, 11) is 4.93. The number of carbonyl (C=O) groups is 1. The molecule has 0 fully saturated rings. The molecule has 29 heavy (non-hydrogen) atoms. The maximum atomic E-state index is 12.1. The summed E-state index contributed by atoms with van der Waals surface area (Å²) >= 11 is 0. The molecule has 0 spiro atoms. The quantitative estimate of drug-likeness (QED) is 0.229. The average Bonchev–Trinajstić information content (AvgIpc) is 2.74. The average molecular weight is 446 g/mol. The third-order valence-corrected chi connectivity index (χ3v) is 6.32. The fraction of sp³-hybridized carbons (Fsp3) is 0.714. The molecule has 1 aromatic rings. The highest BCUT2D eigenvalue weighted by Crippen LogP contribution is 2.29. The number of methoxy groups -OCH3 is 1. The molecule has 0 radical (unpaired) electrons. The summed E-state index contributed by atoms with van der Waals surface area (Å²) in [6, 6.07) is 5.84. The highest BCUT2D eigenvalue weighted by atomic mass is 33.1. The Kier molecular flexibility index (Phi) is 15.5. The predicted molar refractivity (Wildman–Crippen MR) is 120 cm³/mol. The molecule has 0 aromatic carbocycles. The monoisotopic (exact) mass is 445 g/mol. The van der Waals surface area contributed by atoms with Gasteiger partial charge in [-0.3, -0.25) is 4.79 Å². The molecule has 0 atom stereocenters. The molecule has 6 nitrogen and oxygen atoms in total. The van der Waals surface area contributed by atoms with Gasteiger partial charge in [0.25, 0.3) is 0 Å². The first kappa shape index (κ1) is 26.4. The van der Waals surface area contributed by atoms with E-state index >= 15 is 0 Å². The maximum absolute atomic E-state index is 12.1. The van der Waals surface area contributed by atoms with Gasteiger partial charge in [0.2, 0.25) is 0 Å². The van der Waals surface area contributed by atoms with Crippen molar-refractivity contribution in [2.24, 2.45) is 0 Å². The van der Waals surface area contributed by atoms with Gasteiger partial charge in [-0.1, -0.05) is 16.9 Å². The molecular weight excluding hydrogens is 410 g/mol. The highest BCUT2D eigenvalue weighted by molar-refractivity contribution is 8.76. The molecule has 0 bridgehead atoms. The number of hydrogen-bond acceptors (Lipinski definition) is 8. The number of ketones is 1. The summed E-state index contributed by atoms with van der Waals surface area (Å²) in [5.74, 6) is 1.10. The van der Waals surface area contributed by atoms with Crippen LogP contribution >= 0.6 is 21.6 Å². The minimum Gasteiger partial charge on any atom is -0.382 e. The largest absolute Gasteiger partial charge is 0.382 e. The van der Waals surface area contributed by atoms with Crippen LogP contribution in [0.1, 0.15) is 39.5 Å². The van der Waals surface area contributed by atoms with Crippen LogP contribution in [0.15, 0.2) is 29.4 Å². The van der Waals surface area contributed by atoms with Gasteiger partial charge in [0.15, 0.2) is 0 Å². The van der Waals surface area contributed by atoms with Crippen LogP contribution in [-0.4, -0.2) is 68.9 Å². The van der Waals surface area contributed by atoms with E-state index in [0.29, 0.717) is 58.3 Å². The number of ether oxygens (including phenoxy) is 4. The van der Waals surface area contributed by atoms with Gasteiger partial charge in [-0.05, 0) is 49.6 Å². The van der Waals surface area contributed by atoms with Crippen LogP contribution in [0.25, 0.3) is 0 Å². The normalized spacial score (nSPS) is 11.7. The van der Waals surface area contributed by atoms with Crippen LogP contribution in [0.4, 0.5) is 0 Å². The number of Topliss-reactive ketones (excluding diaryl/α,β-unsaturated/α-hetero) is 1. The van der Waals surface area contributed by atoms with Crippen molar-refractivity contribution in [2.75, 3.05) is 52.5 Å². The summed E-state index contributed by atoms with van der Waals surface area (Å²) in [5, 5.41) is 0.973. The Morgan fingerprint density at radius 3 is 2.45 bits per heavy atom. The lowest BCUT2D eigenvalue weighted by Crippen LogP contribution is -2.47. The Bertz CT molecular complexity index is 525. The van der Waals surface area contributed by atoms with E-state index in [9.17, 15) is 4.79 Å². The summed E-state index contributed by atoms with van der Waals surface area (Å²) < 4.78 is 22.6. The first-order valence-corrected chi connectivity index (χ1v) is 12.5. The van der Waals surface area contributed by atoms with Gasteiger partial charge in [-0.15, -0.1) is 0 Å². The van der Waals surface area contributed by atoms with Crippen molar-refractivity contribution in [1.29, 1.82) is 0 Å². The molecule has 0 aliphatic rings. The molecule has 0 saturated carbocycles. The van der Waals surface area contributed by atoms with Crippen molar-refractivity contribution in [1.82, 2.24) is 4.98 Å². The molecule has 1 heterocycles. The lowest BCUT2D eigenvalue weighted by molar-refractivity contribution is -0.160. The SMILES string of the molecule is CCOCC(COC)(COCC)OCCCCC(=O)CCSSc1ccccn1. The van der Waals surface area contributed by atoms with Crippen molar-refractivity contribution < 1.29 is 23.7 Å². The zero-order chi connectivity index (χ0) is 21.2. The fourth-order valence-corrected chi connectivity index (χ4v) is 4.49. The summed E-state index contributed by atoms with van der Waals surface area (Å²) in [4.78, 5) is 16.3. The topological polar surface area (TPSA) is 66.9 Å².